The molecule has 1 aliphatic heterocycles. The molecule has 1 N–H and O–H groups in total. The lowest BCUT2D eigenvalue weighted by atomic mass is 10.2. The zero-order valence-corrected chi connectivity index (χ0v) is 17.4. The van der Waals surface area contributed by atoms with Gasteiger partial charge in [-0.3, -0.25) is 10.1 Å². The van der Waals surface area contributed by atoms with Gasteiger partial charge in [0.15, 0.2) is 5.13 Å². The van der Waals surface area contributed by atoms with Gasteiger partial charge in [-0.2, -0.15) is 4.31 Å². The zero-order valence-electron chi connectivity index (χ0n) is 15.7. The minimum absolute atomic E-state index is 0.213. The molecule has 2 aromatic carbocycles. The molecule has 6 nitrogen and oxygen atoms in total. The smallest absolute Gasteiger partial charge is 0.257 e. The number of carbonyl (C=O) groups is 1. The van der Waals surface area contributed by atoms with E-state index in [1.54, 1.807) is 40.7 Å². The molecule has 1 saturated heterocycles. The van der Waals surface area contributed by atoms with Gasteiger partial charge in [0.05, 0.1) is 10.6 Å². The minimum Gasteiger partial charge on any atom is -0.298 e. The van der Waals surface area contributed by atoms with Crippen molar-refractivity contribution in [2.45, 2.75) is 24.2 Å². The summed E-state index contributed by atoms with van der Waals surface area (Å²) in [6, 6.07) is 15.7. The zero-order chi connectivity index (χ0) is 20.3. The van der Waals surface area contributed by atoms with Crippen molar-refractivity contribution in [3.8, 4) is 11.3 Å². The number of carbonyl (C=O) groups excluding carboxylic acids is 1. The molecular weight excluding hydrogens is 406 g/mol. The lowest BCUT2D eigenvalue weighted by Gasteiger charge is -2.25. The third-order valence-corrected chi connectivity index (χ3v) is 7.53. The molecular formula is C21H21N3O3S2. The summed E-state index contributed by atoms with van der Waals surface area (Å²) in [7, 11) is -3.44. The predicted octanol–water partition coefficient (Wildman–Crippen LogP) is 4.24. The van der Waals surface area contributed by atoms with E-state index in [9.17, 15) is 13.2 Å². The second-order valence-corrected chi connectivity index (χ2v) is 9.64. The van der Waals surface area contributed by atoms with E-state index in [0.29, 0.717) is 34.4 Å². The summed E-state index contributed by atoms with van der Waals surface area (Å²) in [4.78, 5) is 17.0. The van der Waals surface area contributed by atoms with Crippen LogP contribution in [0.3, 0.4) is 0 Å². The monoisotopic (exact) mass is 427 g/mol. The molecule has 0 bridgehead atoms. The molecule has 29 heavy (non-hydrogen) atoms. The predicted molar refractivity (Wildman–Crippen MR) is 115 cm³/mol. The first-order chi connectivity index (χ1) is 14.0. The molecule has 0 saturated carbocycles. The van der Waals surface area contributed by atoms with Crippen LogP contribution < -0.4 is 5.32 Å². The molecule has 0 unspecified atom stereocenters. The van der Waals surface area contributed by atoms with Crippen LogP contribution in [0.25, 0.3) is 11.3 Å². The Morgan fingerprint density at radius 2 is 1.66 bits per heavy atom. The molecule has 0 radical (unpaired) electrons. The molecule has 150 valence electrons. The van der Waals surface area contributed by atoms with Gasteiger partial charge < -0.3 is 0 Å². The van der Waals surface area contributed by atoms with Crippen molar-refractivity contribution < 1.29 is 13.2 Å². The average Bonchev–Trinajstić information content (AvgIpc) is 3.23. The number of thiazole rings is 1. The van der Waals surface area contributed by atoms with Gasteiger partial charge in [0, 0.05) is 29.6 Å². The van der Waals surface area contributed by atoms with Gasteiger partial charge in [-0.05, 0) is 37.1 Å². The summed E-state index contributed by atoms with van der Waals surface area (Å²) < 4.78 is 27.1. The van der Waals surface area contributed by atoms with Crippen LogP contribution in [0.4, 0.5) is 5.13 Å². The lowest BCUT2D eigenvalue weighted by Crippen LogP contribution is -2.35. The molecule has 1 amide bonds. The largest absolute Gasteiger partial charge is 0.298 e. The van der Waals surface area contributed by atoms with Crippen molar-refractivity contribution in [2.24, 2.45) is 0 Å². The minimum atomic E-state index is -3.44. The molecule has 4 rings (SSSR count). The van der Waals surface area contributed by atoms with Gasteiger partial charge in [-0.25, -0.2) is 13.4 Å². The fourth-order valence-corrected chi connectivity index (χ4v) is 5.51. The second-order valence-electron chi connectivity index (χ2n) is 6.85. The fourth-order valence-electron chi connectivity index (χ4n) is 3.27. The fraction of sp³-hybridized carbons (Fsp3) is 0.238. The average molecular weight is 428 g/mol. The SMILES string of the molecule is O=C(Nc1nc(-c2ccc(S(=O)(=O)N3CCCCC3)cc2)cs1)c1ccccc1. The number of piperidine rings is 1. The standard InChI is InChI=1S/C21H21N3O3S2/c25-20(17-7-3-1-4-8-17)23-21-22-19(15-28-21)16-9-11-18(12-10-16)29(26,27)24-13-5-2-6-14-24/h1,3-4,7-12,15H,2,5-6,13-14H2,(H,22,23,25). The van der Waals surface area contributed by atoms with E-state index in [2.05, 4.69) is 10.3 Å². The van der Waals surface area contributed by atoms with E-state index in [1.807, 2.05) is 23.6 Å². The van der Waals surface area contributed by atoms with E-state index < -0.39 is 10.0 Å². The van der Waals surface area contributed by atoms with Gasteiger partial charge in [0.25, 0.3) is 5.91 Å². The Morgan fingerprint density at radius 3 is 2.34 bits per heavy atom. The van der Waals surface area contributed by atoms with Gasteiger partial charge >= 0.3 is 0 Å². The number of benzene rings is 2. The third kappa shape index (κ3) is 4.39. The lowest BCUT2D eigenvalue weighted by molar-refractivity contribution is 0.102. The quantitative estimate of drug-likeness (QED) is 0.661. The van der Waals surface area contributed by atoms with Crippen molar-refractivity contribution in [2.75, 3.05) is 18.4 Å². The van der Waals surface area contributed by atoms with E-state index in [-0.39, 0.29) is 5.91 Å². The molecule has 1 aromatic heterocycles. The molecule has 1 aliphatic rings. The van der Waals surface area contributed by atoms with Crippen LogP contribution in [-0.4, -0.2) is 36.7 Å². The highest BCUT2D eigenvalue weighted by atomic mass is 32.2. The Balaban J connectivity index is 1.48. The molecule has 3 aromatic rings. The maximum Gasteiger partial charge on any atom is 0.257 e. The Hall–Kier alpha value is -2.55. The van der Waals surface area contributed by atoms with E-state index in [0.717, 1.165) is 24.8 Å². The van der Waals surface area contributed by atoms with Crippen molar-refractivity contribution in [1.29, 1.82) is 0 Å². The Labute approximate surface area is 174 Å². The number of anilines is 1. The van der Waals surface area contributed by atoms with Crippen LogP contribution >= 0.6 is 11.3 Å². The Bertz CT molecular complexity index is 1090. The first-order valence-electron chi connectivity index (χ1n) is 9.46. The summed E-state index contributed by atoms with van der Waals surface area (Å²) in [5.41, 5.74) is 2.07. The summed E-state index contributed by atoms with van der Waals surface area (Å²) >= 11 is 1.33. The number of amides is 1. The van der Waals surface area contributed by atoms with Crippen LogP contribution in [-0.2, 0) is 10.0 Å². The summed E-state index contributed by atoms with van der Waals surface area (Å²) in [5.74, 6) is -0.213. The van der Waals surface area contributed by atoms with Crippen molar-refractivity contribution >= 4 is 32.4 Å². The van der Waals surface area contributed by atoms with Gasteiger partial charge in [-0.1, -0.05) is 36.8 Å². The first kappa shape index (κ1) is 19.8. The summed E-state index contributed by atoms with van der Waals surface area (Å²) in [6.45, 7) is 1.17. The molecule has 0 spiro atoms. The number of hydrogen-bond acceptors (Lipinski definition) is 5. The molecule has 0 aliphatic carbocycles. The second kappa shape index (κ2) is 8.44. The maximum absolute atomic E-state index is 12.8. The normalized spacial score (nSPS) is 15.2. The number of aromatic nitrogens is 1. The highest BCUT2D eigenvalue weighted by molar-refractivity contribution is 7.89. The van der Waals surface area contributed by atoms with Crippen molar-refractivity contribution in [3.63, 3.8) is 0 Å². The molecule has 0 atom stereocenters. The number of hydrogen-bond donors (Lipinski definition) is 1. The van der Waals surface area contributed by atoms with Crippen molar-refractivity contribution in [1.82, 2.24) is 9.29 Å². The number of nitrogens with one attached hydrogen (secondary N) is 1. The van der Waals surface area contributed by atoms with Crippen LogP contribution in [0.15, 0.2) is 64.9 Å². The van der Waals surface area contributed by atoms with Crippen LogP contribution in [0, 0.1) is 0 Å². The molecule has 2 heterocycles. The van der Waals surface area contributed by atoms with E-state index >= 15 is 0 Å². The first-order valence-corrected chi connectivity index (χ1v) is 11.8. The van der Waals surface area contributed by atoms with Crippen LogP contribution in [0.1, 0.15) is 29.6 Å². The molecule has 8 heteroatoms. The number of sulfonamides is 1. The summed E-state index contributed by atoms with van der Waals surface area (Å²) in [6.07, 6.45) is 2.90. The third-order valence-electron chi connectivity index (χ3n) is 4.86. The highest BCUT2D eigenvalue weighted by Crippen LogP contribution is 2.27. The Morgan fingerprint density at radius 1 is 0.966 bits per heavy atom. The number of nitrogens with zero attached hydrogens (tertiary/aromatic N) is 2. The van der Waals surface area contributed by atoms with Gasteiger partial charge in [-0.15, -0.1) is 11.3 Å². The van der Waals surface area contributed by atoms with Gasteiger partial charge in [0.2, 0.25) is 10.0 Å². The van der Waals surface area contributed by atoms with Gasteiger partial charge in [0.1, 0.15) is 0 Å². The molecule has 1 fully saturated rings. The van der Waals surface area contributed by atoms with E-state index in [4.69, 9.17) is 0 Å². The highest BCUT2D eigenvalue weighted by Gasteiger charge is 2.25. The van der Waals surface area contributed by atoms with Crippen LogP contribution in [0.5, 0.6) is 0 Å². The van der Waals surface area contributed by atoms with Crippen LogP contribution in [0.2, 0.25) is 0 Å². The van der Waals surface area contributed by atoms with E-state index in [1.165, 1.54) is 11.3 Å². The Kier molecular flexibility index (Phi) is 5.75. The van der Waals surface area contributed by atoms with Crippen molar-refractivity contribution in [3.05, 3.63) is 65.5 Å². The number of rotatable bonds is 5. The topological polar surface area (TPSA) is 79.4 Å². The maximum atomic E-state index is 12.8. The summed E-state index contributed by atoms with van der Waals surface area (Å²) in [5, 5.41) is 5.13.